The van der Waals surface area contributed by atoms with Crippen molar-refractivity contribution in [2.24, 2.45) is 11.8 Å². The fourth-order valence-electron chi connectivity index (χ4n) is 2.66. The van der Waals surface area contributed by atoms with Crippen LogP contribution in [0, 0.1) is 11.8 Å². The number of hydrogen-bond donors (Lipinski definition) is 0. The topological polar surface area (TPSA) is 17.1 Å². The summed E-state index contributed by atoms with van der Waals surface area (Å²) in [7, 11) is 0. The van der Waals surface area contributed by atoms with E-state index in [2.05, 4.69) is 31.0 Å². The van der Waals surface area contributed by atoms with Crippen LogP contribution in [0.4, 0.5) is 0 Å². The van der Waals surface area contributed by atoms with E-state index in [1.807, 2.05) is 0 Å². The van der Waals surface area contributed by atoms with Gasteiger partial charge in [0.2, 0.25) is 0 Å². The van der Waals surface area contributed by atoms with Gasteiger partial charge in [0.25, 0.3) is 0 Å². The summed E-state index contributed by atoms with van der Waals surface area (Å²) in [6, 6.07) is 0. The molecule has 0 saturated carbocycles. The van der Waals surface area contributed by atoms with Gasteiger partial charge >= 0.3 is 104 Å². The maximum atomic E-state index is 11.5. The zero-order valence-electron chi connectivity index (χ0n) is 10.1. The van der Waals surface area contributed by atoms with E-state index in [-0.39, 0.29) is 4.31 Å². The average Bonchev–Trinajstić information content (AvgIpc) is 2.60. The van der Waals surface area contributed by atoms with Gasteiger partial charge in [0.05, 0.1) is 0 Å². The van der Waals surface area contributed by atoms with Crippen LogP contribution in [0.2, 0.25) is 4.31 Å². The first-order valence-electron chi connectivity index (χ1n) is 6.15. The average molecular weight is 283 g/mol. The molecule has 16 heavy (non-hydrogen) atoms. The van der Waals surface area contributed by atoms with Crippen LogP contribution in [0.5, 0.6) is 0 Å². The summed E-state index contributed by atoms with van der Waals surface area (Å²) in [5.41, 5.74) is 1.42. The van der Waals surface area contributed by atoms with Crippen LogP contribution >= 0.6 is 0 Å². The molecule has 0 aromatic rings. The van der Waals surface area contributed by atoms with Gasteiger partial charge in [-0.05, 0) is 0 Å². The summed E-state index contributed by atoms with van der Waals surface area (Å²) in [6.07, 6.45) is 10.8. The first-order valence-corrected chi connectivity index (χ1v) is 8.00. The number of carbonyl (C=O) groups is 1. The van der Waals surface area contributed by atoms with E-state index in [0.717, 1.165) is 6.42 Å². The molecule has 2 heteroatoms. The van der Waals surface area contributed by atoms with E-state index in [1.54, 1.807) is 0 Å². The number of carbonyl (C=O) groups excluding carboxylic acids is 1. The maximum absolute atomic E-state index is 11.5. The predicted octanol–water partition coefficient (Wildman–Crippen LogP) is 3.35. The monoisotopic (exact) mass is 284 g/mol. The van der Waals surface area contributed by atoms with Gasteiger partial charge in [-0.2, -0.15) is 0 Å². The summed E-state index contributed by atoms with van der Waals surface area (Å²) >= 11 is 0.365. The zero-order chi connectivity index (χ0) is 11.6. The van der Waals surface area contributed by atoms with Gasteiger partial charge in [-0.15, -0.1) is 0 Å². The van der Waals surface area contributed by atoms with Crippen molar-refractivity contribution in [2.75, 3.05) is 0 Å². The van der Waals surface area contributed by atoms with Crippen molar-refractivity contribution in [2.45, 2.75) is 43.8 Å². The van der Waals surface area contributed by atoms with Gasteiger partial charge in [0.1, 0.15) is 0 Å². The van der Waals surface area contributed by atoms with Crippen molar-refractivity contribution in [1.29, 1.82) is 0 Å². The fourth-order valence-corrected chi connectivity index (χ4v) is 5.52. The Hall–Kier alpha value is -0.331. The molecule has 2 aliphatic rings. The van der Waals surface area contributed by atoms with Crippen LogP contribution < -0.4 is 0 Å². The second-order valence-corrected chi connectivity index (χ2v) is 7.68. The van der Waals surface area contributed by atoms with Crippen LogP contribution in [0.1, 0.15) is 39.5 Å². The van der Waals surface area contributed by atoms with E-state index < -0.39 is 0 Å². The summed E-state index contributed by atoms with van der Waals surface area (Å²) in [5, 5.41) is 0. The Bertz CT molecular complexity index is 332. The minimum atomic E-state index is -0.0383. The van der Waals surface area contributed by atoms with Gasteiger partial charge in [-0.3, -0.25) is 0 Å². The van der Waals surface area contributed by atoms with Crippen molar-refractivity contribution in [1.82, 2.24) is 0 Å². The Balaban J connectivity index is 2.08. The molecule has 0 amide bonds. The van der Waals surface area contributed by atoms with Crippen molar-refractivity contribution in [3.05, 3.63) is 22.7 Å². The van der Waals surface area contributed by atoms with E-state index in [9.17, 15) is 4.79 Å². The molecule has 1 aliphatic heterocycles. The molecular weight excluding hydrogens is 263 g/mol. The Morgan fingerprint density at radius 1 is 1.62 bits per heavy atom. The summed E-state index contributed by atoms with van der Waals surface area (Å²) < 4.78 is -0.0383. The van der Waals surface area contributed by atoms with Crippen molar-refractivity contribution in [3.8, 4) is 0 Å². The Labute approximate surface area is 105 Å². The minimum absolute atomic E-state index is 0.0383. The third kappa shape index (κ3) is 2.19. The van der Waals surface area contributed by atoms with Gasteiger partial charge < -0.3 is 0 Å². The molecule has 0 aromatic heterocycles. The predicted molar refractivity (Wildman–Crippen MR) is 68.5 cm³/mol. The van der Waals surface area contributed by atoms with E-state index in [0.29, 0.717) is 26.8 Å². The van der Waals surface area contributed by atoms with Crippen LogP contribution in [-0.4, -0.2) is 21.2 Å². The Morgan fingerprint density at radius 3 is 2.94 bits per heavy atom. The summed E-state index contributed by atoms with van der Waals surface area (Å²) in [6.45, 7) is 4.40. The second-order valence-electron chi connectivity index (χ2n) is 5.10. The molecule has 3 atom stereocenters. The van der Waals surface area contributed by atoms with Gasteiger partial charge in [0, 0.05) is 0 Å². The SMILES string of the molecule is CC1=C[Se][C@](C=O)(CC2C=CCCC2)C1C. The molecule has 1 nitrogen and oxygen atoms in total. The second kappa shape index (κ2) is 4.89. The molecule has 0 bridgehead atoms. The quantitative estimate of drug-likeness (QED) is 0.441. The van der Waals surface area contributed by atoms with Crippen molar-refractivity contribution >= 4 is 21.2 Å². The van der Waals surface area contributed by atoms with Crippen molar-refractivity contribution in [3.63, 3.8) is 0 Å². The molecular formula is C14H20OSe. The molecule has 1 aliphatic carbocycles. The molecule has 88 valence electrons. The number of allylic oxidation sites excluding steroid dienone is 3. The zero-order valence-corrected chi connectivity index (χ0v) is 11.8. The third-order valence-corrected chi connectivity index (χ3v) is 7.26. The van der Waals surface area contributed by atoms with Crippen LogP contribution in [-0.2, 0) is 4.79 Å². The Morgan fingerprint density at radius 2 is 2.44 bits per heavy atom. The van der Waals surface area contributed by atoms with Crippen LogP contribution in [0.15, 0.2) is 22.7 Å². The molecule has 0 fully saturated rings. The van der Waals surface area contributed by atoms with E-state index in [4.69, 9.17) is 0 Å². The first-order chi connectivity index (χ1) is 7.68. The van der Waals surface area contributed by atoms with Gasteiger partial charge in [0.15, 0.2) is 0 Å². The van der Waals surface area contributed by atoms with E-state index >= 15 is 0 Å². The molecule has 1 heterocycles. The standard InChI is InChI=1S/C14H20OSe/c1-11-9-16-14(10-15,12(11)2)8-13-6-4-3-5-7-13/h4,6,9-10,12-13H,3,5,7-8H2,1-2H3/t12?,13?,14-/m0/s1. The molecule has 2 rings (SSSR count). The molecule has 0 N–H and O–H groups in total. The molecule has 0 radical (unpaired) electrons. The molecule has 0 aromatic carbocycles. The normalized spacial score (nSPS) is 38.5. The van der Waals surface area contributed by atoms with Gasteiger partial charge in [-0.25, -0.2) is 0 Å². The molecule has 0 saturated heterocycles. The number of rotatable bonds is 3. The van der Waals surface area contributed by atoms with Crippen molar-refractivity contribution < 1.29 is 4.79 Å². The Kier molecular flexibility index (Phi) is 3.71. The first kappa shape index (κ1) is 12.1. The summed E-state index contributed by atoms with van der Waals surface area (Å²) in [5.74, 6) is 1.10. The third-order valence-electron chi connectivity index (χ3n) is 4.01. The fraction of sp³-hybridized carbons (Fsp3) is 0.643. The molecule has 2 unspecified atom stereocenters. The summed E-state index contributed by atoms with van der Waals surface area (Å²) in [4.78, 5) is 13.8. The van der Waals surface area contributed by atoms with Crippen LogP contribution in [0.25, 0.3) is 0 Å². The molecule has 0 spiro atoms. The number of aldehydes is 1. The number of hydrogen-bond acceptors (Lipinski definition) is 1. The van der Waals surface area contributed by atoms with Gasteiger partial charge in [-0.1, -0.05) is 0 Å². The van der Waals surface area contributed by atoms with Crippen LogP contribution in [0.3, 0.4) is 0 Å². The van der Waals surface area contributed by atoms with E-state index in [1.165, 1.54) is 31.1 Å².